The molecule has 0 fully saturated rings. The van der Waals surface area contributed by atoms with Gasteiger partial charge in [-0.25, -0.2) is 0 Å². The van der Waals surface area contributed by atoms with Crippen LogP contribution in [0.15, 0.2) is 24.4 Å². The molecule has 2 heterocycles. The number of carbonyl (C=O) groups is 1. The van der Waals surface area contributed by atoms with E-state index in [1.165, 1.54) is 11.3 Å². The van der Waals surface area contributed by atoms with Gasteiger partial charge in [-0.15, -0.1) is 10.2 Å². The van der Waals surface area contributed by atoms with Crippen molar-refractivity contribution in [1.29, 1.82) is 0 Å². The van der Waals surface area contributed by atoms with Gasteiger partial charge in [0, 0.05) is 25.2 Å². The number of hydrogen-bond acceptors (Lipinski definition) is 6. The summed E-state index contributed by atoms with van der Waals surface area (Å²) in [6, 6.07) is 5.82. The topological polar surface area (TPSA) is 79.8 Å². The minimum atomic E-state index is 0.0296. The zero-order chi connectivity index (χ0) is 14.4. The van der Waals surface area contributed by atoms with Gasteiger partial charge in [0.15, 0.2) is 5.01 Å². The van der Waals surface area contributed by atoms with E-state index in [0.29, 0.717) is 18.1 Å². The minimum absolute atomic E-state index is 0.0296. The van der Waals surface area contributed by atoms with Crippen molar-refractivity contribution < 1.29 is 4.79 Å². The van der Waals surface area contributed by atoms with E-state index in [9.17, 15) is 4.79 Å². The Morgan fingerprint density at radius 1 is 1.35 bits per heavy atom. The first-order valence-corrected chi connectivity index (χ1v) is 7.25. The molecule has 0 bridgehead atoms. The molecule has 106 valence electrons. The number of nitrogens with one attached hydrogen (secondary N) is 2. The number of pyridine rings is 1. The molecule has 6 nitrogen and oxygen atoms in total. The number of aromatic nitrogens is 3. The number of anilines is 1. The quantitative estimate of drug-likeness (QED) is 0.850. The van der Waals surface area contributed by atoms with E-state index in [2.05, 4.69) is 25.8 Å². The van der Waals surface area contributed by atoms with Gasteiger partial charge >= 0.3 is 0 Å². The summed E-state index contributed by atoms with van der Waals surface area (Å²) < 4.78 is 0. The fraction of sp³-hybridized carbons (Fsp3) is 0.385. The molecule has 2 aromatic rings. The highest BCUT2D eigenvalue weighted by atomic mass is 32.1. The third kappa shape index (κ3) is 4.27. The highest BCUT2D eigenvalue weighted by molar-refractivity contribution is 7.18. The molecule has 0 radical (unpaired) electrons. The summed E-state index contributed by atoms with van der Waals surface area (Å²) in [6.07, 6.45) is 2.14. The summed E-state index contributed by atoms with van der Waals surface area (Å²) in [4.78, 5) is 15.7. The first-order valence-electron chi connectivity index (χ1n) is 6.43. The molecular weight excluding hydrogens is 274 g/mol. The van der Waals surface area contributed by atoms with Gasteiger partial charge in [-0.3, -0.25) is 9.78 Å². The van der Waals surface area contributed by atoms with Gasteiger partial charge in [0.25, 0.3) is 0 Å². The molecule has 0 aliphatic carbocycles. The van der Waals surface area contributed by atoms with Crippen molar-refractivity contribution in [3.05, 3.63) is 24.4 Å². The first-order chi connectivity index (χ1) is 9.65. The maximum Gasteiger partial charge on any atom is 0.221 e. The van der Waals surface area contributed by atoms with Crippen LogP contribution >= 0.6 is 11.3 Å². The van der Waals surface area contributed by atoms with Crippen LogP contribution in [0.3, 0.4) is 0 Å². The predicted molar refractivity (Wildman–Crippen MR) is 79.5 cm³/mol. The molecule has 0 saturated carbocycles. The number of carbonyl (C=O) groups excluding carboxylic acids is 1. The van der Waals surface area contributed by atoms with E-state index in [-0.39, 0.29) is 11.9 Å². The van der Waals surface area contributed by atoms with Crippen LogP contribution in [-0.2, 0) is 4.79 Å². The number of rotatable bonds is 6. The van der Waals surface area contributed by atoms with Crippen LogP contribution in [0.25, 0.3) is 10.7 Å². The Kier molecular flexibility index (Phi) is 5.00. The fourth-order valence-electron chi connectivity index (χ4n) is 1.56. The number of nitrogens with zero attached hydrogens (tertiary/aromatic N) is 3. The van der Waals surface area contributed by atoms with Crippen molar-refractivity contribution in [3.8, 4) is 10.7 Å². The molecular formula is C13H17N5OS. The van der Waals surface area contributed by atoms with Crippen LogP contribution in [0.5, 0.6) is 0 Å². The summed E-state index contributed by atoms with van der Waals surface area (Å²) >= 11 is 1.42. The number of amides is 1. The molecule has 0 aliphatic rings. The van der Waals surface area contributed by atoms with E-state index >= 15 is 0 Å². The van der Waals surface area contributed by atoms with E-state index in [4.69, 9.17) is 0 Å². The average molecular weight is 291 g/mol. The molecule has 7 heteroatoms. The minimum Gasteiger partial charge on any atom is -0.360 e. The third-order valence-corrected chi connectivity index (χ3v) is 3.29. The van der Waals surface area contributed by atoms with E-state index in [1.54, 1.807) is 6.20 Å². The van der Waals surface area contributed by atoms with E-state index < -0.39 is 0 Å². The van der Waals surface area contributed by atoms with Gasteiger partial charge in [0.2, 0.25) is 11.0 Å². The van der Waals surface area contributed by atoms with Crippen LogP contribution in [0.4, 0.5) is 5.13 Å². The monoisotopic (exact) mass is 291 g/mol. The van der Waals surface area contributed by atoms with Crippen molar-refractivity contribution in [3.63, 3.8) is 0 Å². The Hall–Kier alpha value is -2.02. The number of hydrogen-bond donors (Lipinski definition) is 2. The predicted octanol–water partition coefficient (Wildman–Crippen LogP) is 1.93. The lowest BCUT2D eigenvalue weighted by Crippen LogP contribution is -2.31. The molecule has 2 rings (SSSR count). The summed E-state index contributed by atoms with van der Waals surface area (Å²) in [7, 11) is 0. The Bertz CT molecular complexity index is 555. The summed E-state index contributed by atoms with van der Waals surface area (Å²) in [6.45, 7) is 4.42. The molecule has 0 unspecified atom stereocenters. The molecule has 0 spiro atoms. The fourth-order valence-corrected chi connectivity index (χ4v) is 2.31. The van der Waals surface area contributed by atoms with Crippen molar-refractivity contribution >= 4 is 22.4 Å². The molecule has 0 atom stereocenters. The molecule has 0 aliphatic heterocycles. The van der Waals surface area contributed by atoms with Crippen molar-refractivity contribution in [1.82, 2.24) is 20.5 Å². The highest BCUT2D eigenvalue weighted by Crippen LogP contribution is 2.24. The third-order valence-electron chi connectivity index (χ3n) is 2.39. The van der Waals surface area contributed by atoms with E-state index in [0.717, 1.165) is 10.7 Å². The Labute approximate surface area is 121 Å². The molecule has 0 saturated heterocycles. The van der Waals surface area contributed by atoms with Crippen LogP contribution in [0.2, 0.25) is 0 Å². The largest absolute Gasteiger partial charge is 0.360 e. The first kappa shape index (κ1) is 14.4. The maximum absolute atomic E-state index is 11.5. The standard InChI is InChI=1S/C13H17N5OS/c1-9(2)16-11(19)6-8-15-13-18-17-12(20-13)10-5-3-4-7-14-10/h3-5,7,9H,6,8H2,1-2H3,(H,15,18)(H,16,19). The Morgan fingerprint density at radius 3 is 2.90 bits per heavy atom. The average Bonchev–Trinajstić information content (AvgIpc) is 2.88. The van der Waals surface area contributed by atoms with Gasteiger partial charge in [0.05, 0.1) is 0 Å². The normalized spacial score (nSPS) is 10.6. The smallest absolute Gasteiger partial charge is 0.221 e. The van der Waals surface area contributed by atoms with Crippen molar-refractivity contribution in [2.24, 2.45) is 0 Å². The van der Waals surface area contributed by atoms with Crippen molar-refractivity contribution in [2.45, 2.75) is 26.3 Å². The van der Waals surface area contributed by atoms with Crippen LogP contribution in [0, 0.1) is 0 Å². The lowest BCUT2D eigenvalue weighted by molar-refractivity contribution is -0.121. The molecule has 1 amide bonds. The Morgan fingerprint density at radius 2 is 2.20 bits per heavy atom. The second kappa shape index (κ2) is 6.95. The van der Waals surface area contributed by atoms with Crippen molar-refractivity contribution in [2.75, 3.05) is 11.9 Å². The molecule has 20 heavy (non-hydrogen) atoms. The summed E-state index contributed by atoms with van der Waals surface area (Å²) in [5, 5.41) is 15.5. The van der Waals surface area contributed by atoms with Gasteiger partial charge in [-0.1, -0.05) is 17.4 Å². The van der Waals surface area contributed by atoms with Gasteiger partial charge in [-0.2, -0.15) is 0 Å². The summed E-state index contributed by atoms with van der Waals surface area (Å²) in [5.41, 5.74) is 0.801. The zero-order valence-corrected chi connectivity index (χ0v) is 12.3. The second-order valence-corrected chi connectivity index (χ2v) is 5.50. The van der Waals surface area contributed by atoms with Gasteiger partial charge in [-0.05, 0) is 26.0 Å². The molecule has 0 aromatic carbocycles. The maximum atomic E-state index is 11.5. The van der Waals surface area contributed by atoms with Crippen LogP contribution in [-0.4, -0.2) is 33.7 Å². The van der Waals surface area contributed by atoms with E-state index in [1.807, 2.05) is 32.0 Å². The van der Waals surface area contributed by atoms with Gasteiger partial charge in [0.1, 0.15) is 5.69 Å². The molecule has 2 aromatic heterocycles. The second-order valence-electron chi connectivity index (χ2n) is 4.53. The van der Waals surface area contributed by atoms with Crippen LogP contribution < -0.4 is 10.6 Å². The lowest BCUT2D eigenvalue weighted by Gasteiger charge is -2.07. The summed E-state index contributed by atoms with van der Waals surface area (Å²) in [5.74, 6) is 0.0296. The zero-order valence-electron chi connectivity index (χ0n) is 11.5. The molecule has 2 N–H and O–H groups in total. The SMILES string of the molecule is CC(C)NC(=O)CCNc1nnc(-c2ccccn2)s1. The van der Waals surface area contributed by atoms with Crippen LogP contribution in [0.1, 0.15) is 20.3 Å². The lowest BCUT2D eigenvalue weighted by atomic mass is 10.3. The van der Waals surface area contributed by atoms with Gasteiger partial charge < -0.3 is 10.6 Å². The highest BCUT2D eigenvalue weighted by Gasteiger charge is 2.08. The Balaban J connectivity index is 1.83.